The molecule has 0 radical (unpaired) electrons. The molecule has 0 aliphatic heterocycles. The molecular formula is C20H25ClIN5. The summed E-state index contributed by atoms with van der Waals surface area (Å²) in [5.74, 6) is 0.857. The second kappa shape index (κ2) is 9.94. The zero-order valence-electron chi connectivity index (χ0n) is 15.8. The van der Waals surface area contributed by atoms with E-state index in [1.807, 2.05) is 43.2 Å². The van der Waals surface area contributed by atoms with Crippen molar-refractivity contribution < 1.29 is 0 Å². The second-order valence-corrected chi connectivity index (χ2v) is 6.77. The number of fused-ring (bicyclic) bond motifs is 1. The number of pyridine rings is 1. The van der Waals surface area contributed by atoms with Gasteiger partial charge in [-0.25, -0.2) is 0 Å². The zero-order chi connectivity index (χ0) is 18.5. The summed E-state index contributed by atoms with van der Waals surface area (Å²) in [7, 11) is 5.82. The van der Waals surface area contributed by atoms with E-state index in [0.29, 0.717) is 0 Å². The summed E-state index contributed by atoms with van der Waals surface area (Å²) in [6.07, 6.45) is 4.64. The van der Waals surface area contributed by atoms with Gasteiger partial charge in [-0.15, -0.1) is 24.0 Å². The first-order chi connectivity index (χ1) is 12.6. The highest BCUT2D eigenvalue weighted by Crippen LogP contribution is 2.16. The molecule has 3 rings (SSSR count). The summed E-state index contributed by atoms with van der Waals surface area (Å²) in [6, 6.07) is 12.4. The predicted molar refractivity (Wildman–Crippen MR) is 124 cm³/mol. The molecule has 0 aliphatic rings. The summed E-state index contributed by atoms with van der Waals surface area (Å²) in [5, 5.41) is 5.36. The highest BCUT2D eigenvalue weighted by molar-refractivity contribution is 14.0. The van der Waals surface area contributed by atoms with Crippen molar-refractivity contribution in [1.29, 1.82) is 0 Å². The molecule has 0 atom stereocenters. The molecular weight excluding hydrogens is 473 g/mol. The molecule has 3 aromatic rings. The number of benzene rings is 1. The summed E-state index contributed by atoms with van der Waals surface area (Å²) >= 11 is 6.07. The van der Waals surface area contributed by atoms with E-state index in [1.165, 1.54) is 10.9 Å². The van der Waals surface area contributed by atoms with Crippen molar-refractivity contribution in [3.63, 3.8) is 0 Å². The number of aryl methyl sites for hydroxylation is 1. The summed E-state index contributed by atoms with van der Waals surface area (Å²) in [6.45, 7) is 1.53. The second-order valence-electron chi connectivity index (χ2n) is 6.33. The Morgan fingerprint density at radius 3 is 2.78 bits per heavy atom. The van der Waals surface area contributed by atoms with Crippen LogP contribution in [0.15, 0.2) is 53.8 Å². The van der Waals surface area contributed by atoms with E-state index in [9.17, 15) is 0 Å². The number of hydrogen-bond donors (Lipinski definition) is 1. The monoisotopic (exact) mass is 497 g/mol. The van der Waals surface area contributed by atoms with Gasteiger partial charge in [-0.05, 0) is 24.1 Å². The van der Waals surface area contributed by atoms with Crippen LogP contribution in [0.25, 0.3) is 10.9 Å². The van der Waals surface area contributed by atoms with Crippen LogP contribution in [0.4, 0.5) is 0 Å². The molecule has 0 saturated heterocycles. The molecule has 0 unspecified atom stereocenters. The lowest BCUT2D eigenvalue weighted by Gasteiger charge is -2.22. The minimum absolute atomic E-state index is 0. The minimum Gasteiger partial charge on any atom is -0.356 e. The predicted octanol–water partition coefficient (Wildman–Crippen LogP) is 4.09. The van der Waals surface area contributed by atoms with Gasteiger partial charge in [0, 0.05) is 51.2 Å². The van der Waals surface area contributed by atoms with E-state index in [0.717, 1.165) is 41.7 Å². The first-order valence-corrected chi connectivity index (χ1v) is 9.01. The van der Waals surface area contributed by atoms with Crippen LogP contribution in [-0.4, -0.2) is 41.1 Å². The molecule has 2 heterocycles. The van der Waals surface area contributed by atoms with Crippen molar-refractivity contribution >= 4 is 52.4 Å². The van der Waals surface area contributed by atoms with Crippen LogP contribution in [0.3, 0.4) is 0 Å². The maximum Gasteiger partial charge on any atom is 0.193 e. The van der Waals surface area contributed by atoms with Gasteiger partial charge in [-0.1, -0.05) is 35.9 Å². The summed E-state index contributed by atoms with van der Waals surface area (Å²) in [4.78, 5) is 11.0. The Bertz CT molecular complexity index is 916. The fourth-order valence-corrected chi connectivity index (χ4v) is 3.38. The molecule has 2 aromatic heterocycles. The van der Waals surface area contributed by atoms with Gasteiger partial charge >= 0.3 is 0 Å². The first kappa shape index (κ1) is 21.5. The molecule has 0 amide bonds. The van der Waals surface area contributed by atoms with Crippen LogP contribution in [0.1, 0.15) is 11.3 Å². The Kier molecular flexibility index (Phi) is 7.91. The van der Waals surface area contributed by atoms with Gasteiger partial charge in [-0.2, -0.15) is 0 Å². The standard InChI is InChI=1S/C20H24ClN5.HI/c1-22-20(26(3)14-18-12-17(21)13-25(18)2)24-11-9-16-7-4-6-15-8-5-10-23-19(15)16;/h4-8,10,12-13H,9,11,14H2,1-3H3,(H,22,24);1H. The summed E-state index contributed by atoms with van der Waals surface area (Å²) < 4.78 is 2.04. The number of rotatable bonds is 5. The van der Waals surface area contributed by atoms with Crippen molar-refractivity contribution in [3.8, 4) is 0 Å². The molecule has 0 fully saturated rings. The maximum absolute atomic E-state index is 6.07. The number of hydrogen-bond acceptors (Lipinski definition) is 2. The van der Waals surface area contributed by atoms with Crippen molar-refractivity contribution in [1.82, 2.24) is 19.8 Å². The smallest absolute Gasteiger partial charge is 0.193 e. The Hall–Kier alpha value is -1.80. The van der Waals surface area contributed by atoms with Crippen LogP contribution >= 0.6 is 35.6 Å². The van der Waals surface area contributed by atoms with Crippen molar-refractivity contribution in [2.45, 2.75) is 13.0 Å². The van der Waals surface area contributed by atoms with Gasteiger partial charge < -0.3 is 14.8 Å². The van der Waals surface area contributed by atoms with E-state index >= 15 is 0 Å². The third-order valence-corrected chi connectivity index (χ3v) is 4.65. The van der Waals surface area contributed by atoms with Crippen LogP contribution in [0, 0.1) is 0 Å². The molecule has 0 aliphatic carbocycles. The molecule has 144 valence electrons. The number of nitrogens with zero attached hydrogens (tertiary/aromatic N) is 4. The van der Waals surface area contributed by atoms with Crippen molar-refractivity contribution in [3.05, 3.63) is 65.1 Å². The van der Waals surface area contributed by atoms with Gasteiger partial charge in [0.25, 0.3) is 0 Å². The average Bonchev–Trinajstić information content (AvgIpc) is 2.95. The normalized spacial score (nSPS) is 11.3. The number of halogens is 2. The van der Waals surface area contributed by atoms with Gasteiger partial charge in [0.1, 0.15) is 0 Å². The Balaban J connectivity index is 0.00000261. The van der Waals surface area contributed by atoms with Gasteiger partial charge in [0.05, 0.1) is 17.1 Å². The van der Waals surface area contributed by atoms with E-state index in [4.69, 9.17) is 11.6 Å². The van der Waals surface area contributed by atoms with Crippen LogP contribution in [0.2, 0.25) is 5.02 Å². The quantitative estimate of drug-likeness (QED) is 0.328. The molecule has 7 heteroatoms. The highest BCUT2D eigenvalue weighted by Gasteiger charge is 2.10. The van der Waals surface area contributed by atoms with Gasteiger partial charge in [0.15, 0.2) is 5.96 Å². The fraction of sp³-hybridized carbons (Fsp3) is 0.300. The van der Waals surface area contributed by atoms with Crippen LogP contribution < -0.4 is 5.32 Å². The lowest BCUT2D eigenvalue weighted by molar-refractivity contribution is 0.462. The third-order valence-electron chi connectivity index (χ3n) is 4.44. The highest BCUT2D eigenvalue weighted by atomic mass is 127. The maximum atomic E-state index is 6.07. The van der Waals surface area contributed by atoms with E-state index in [-0.39, 0.29) is 24.0 Å². The average molecular weight is 498 g/mol. The van der Waals surface area contributed by atoms with E-state index in [1.54, 1.807) is 7.05 Å². The van der Waals surface area contributed by atoms with Crippen molar-refractivity contribution in [2.24, 2.45) is 12.0 Å². The number of aromatic nitrogens is 2. The molecule has 0 saturated carbocycles. The largest absolute Gasteiger partial charge is 0.356 e. The zero-order valence-corrected chi connectivity index (χ0v) is 18.9. The minimum atomic E-state index is 0. The lowest BCUT2D eigenvalue weighted by atomic mass is 10.1. The lowest BCUT2D eigenvalue weighted by Crippen LogP contribution is -2.39. The summed E-state index contributed by atoms with van der Waals surface area (Å²) in [5.41, 5.74) is 3.44. The Morgan fingerprint density at radius 2 is 2.07 bits per heavy atom. The third kappa shape index (κ3) is 5.35. The molecule has 0 bridgehead atoms. The topological polar surface area (TPSA) is 45.5 Å². The van der Waals surface area contributed by atoms with Gasteiger partial charge in [0.2, 0.25) is 0 Å². The van der Waals surface area contributed by atoms with E-state index in [2.05, 4.69) is 44.5 Å². The Morgan fingerprint density at radius 1 is 1.30 bits per heavy atom. The molecule has 1 N–H and O–H groups in total. The number of guanidine groups is 1. The number of nitrogens with one attached hydrogen (secondary N) is 1. The number of para-hydroxylation sites is 1. The SMILES string of the molecule is CN=C(NCCc1cccc2cccnc12)N(C)Cc1cc(Cl)cn1C.I. The fourth-order valence-electron chi connectivity index (χ4n) is 3.10. The van der Waals surface area contributed by atoms with Gasteiger partial charge in [-0.3, -0.25) is 9.98 Å². The van der Waals surface area contributed by atoms with Crippen LogP contribution in [0.5, 0.6) is 0 Å². The van der Waals surface area contributed by atoms with Crippen LogP contribution in [-0.2, 0) is 20.0 Å². The van der Waals surface area contributed by atoms with Crippen molar-refractivity contribution in [2.75, 3.05) is 20.6 Å². The first-order valence-electron chi connectivity index (χ1n) is 8.63. The molecule has 0 spiro atoms. The molecule has 5 nitrogen and oxygen atoms in total. The number of aliphatic imine (C=N–C) groups is 1. The molecule has 1 aromatic carbocycles. The van der Waals surface area contributed by atoms with E-state index < -0.39 is 0 Å². The molecule has 27 heavy (non-hydrogen) atoms. The Labute approximate surface area is 182 Å².